The van der Waals surface area contributed by atoms with Crippen LogP contribution in [0.25, 0.3) is 0 Å². The number of pyridine rings is 1. The minimum absolute atomic E-state index is 0.137. The largest absolute Gasteiger partial charge is 0.490 e. The van der Waals surface area contributed by atoms with E-state index in [4.69, 9.17) is 32.7 Å². The molecule has 1 aromatic heterocycles. The third kappa shape index (κ3) is 4.86. The molecular formula is C23H20Cl2N2O3. The van der Waals surface area contributed by atoms with Crippen LogP contribution in [-0.2, 0) is 13.1 Å². The smallest absolute Gasteiger partial charge is 0.254 e. The van der Waals surface area contributed by atoms with E-state index in [0.717, 1.165) is 17.7 Å². The van der Waals surface area contributed by atoms with E-state index < -0.39 is 0 Å². The van der Waals surface area contributed by atoms with Gasteiger partial charge in [-0.2, -0.15) is 0 Å². The molecule has 0 saturated heterocycles. The van der Waals surface area contributed by atoms with E-state index in [1.54, 1.807) is 41.4 Å². The van der Waals surface area contributed by atoms with Gasteiger partial charge in [0.2, 0.25) is 0 Å². The molecule has 0 saturated carbocycles. The molecule has 0 fully saturated rings. The number of fused-ring (bicyclic) bond motifs is 1. The summed E-state index contributed by atoms with van der Waals surface area (Å²) in [4.78, 5) is 19.5. The van der Waals surface area contributed by atoms with Gasteiger partial charge in [-0.25, -0.2) is 0 Å². The highest BCUT2D eigenvalue weighted by molar-refractivity contribution is 6.42. The minimum Gasteiger partial charge on any atom is -0.490 e. The highest BCUT2D eigenvalue weighted by Gasteiger charge is 2.20. The Morgan fingerprint density at radius 1 is 0.933 bits per heavy atom. The van der Waals surface area contributed by atoms with E-state index in [1.807, 2.05) is 24.3 Å². The maximum Gasteiger partial charge on any atom is 0.254 e. The fourth-order valence-corrected chi connectivity index (χ4v) is 3.54. The second kappa shape index (κ2) is 9.37. The molecule has 1 amide bonds. The van der Waals surface area contributed by atoms with E-state index in [2.05, 4.69) is 4.98 Å². The number of nitrogens with zero attached hydrogens (tertiary/aromatic N) is 2. The monoisotopic (exact) mass is 442 g/mol. The molecule has 4 rings (SSSR count). The lowest BCUT2D eigenvalue weighted by Crippen LogP contribution is -2.30. The number of halogens is 2. The number of hydrogen-bond donors (Lipinski definition) is 0. The lowest BCUT2D eigenvalue weighted by atomic mass is 10.1. The summed E-state index contributed by atoms with van der Waals surface area (Å²) in [6.45, 7) is 1.88. The lowest BCUT2D eigenvalue weighted by Gasteiger charge is -2.23. The Morgan fingerprint density at radius 2 is 1.77 bits per heavy atom. The summed E-state index contributed by atoms with van der Waals surface area (Å²) in [6, 6.07) is 16.3. The Kier molecular flexibility index (Phi) is 6.41. The van der Waals surface area contributed by atoms with Crippen LogP contribution in [0.5, 0.6) is 11.5 Å². The predicted molar refractivity (Wildman–Crippen MR) is 116 cm³/mol. The molecule has 0 atom stereocenters. The molecule has 1 aliphatic rings. The molecule has 2 heterocycles. The van der Waals surface area contributed by atoms with Crippen LogP contribution >= 0.6 is 23.2 Å². The molecule has 1 aliphatic heterocycles. The van der Waals surface area contributed by atoms with Crippen molar-refractivity contribution in [3.8, 4) is 11.5 Å². The number of amides is 1. The zero-order valence-corrected chi connectivity index (χ0v) is 17.7. The third-order valence-electron chi connectivity index (χ3n) is 4.72. The van der Waals surface area contributed by atoms with Gasteiger partial charge in [0.05, 0.1) is 35.5 Å². The van der Waals surface area contributed by atoms with Crippen LogP contribution in [0.3, 0.4) is 0 Å². The van der Waals surface area contributed by atoms with Crippen molar-refractivity contribution >= 4 is 29.1 Å². The van der Waals surface area contributed by atoms with Gasteiger partial charge in [-0.05, 0) is 48.0 Å². The predicted octanol–water partition coefficient (Wildman–Crippen LogP) is 5.39. The molecule has 154 valence electrons. The topological polar surface area (TPSA) is 51.7 Å². The van der Waals surface area contributed by atoms with E-state index >= 15 is 0 Å². The zero-order chi connectivity index (χ0) is 20.9. The number of hydrogen-bond acceptors (Lipinski definition) is 4. The van der Waals surface area contributed by atoms with Crippen LogP contribution in [0.2, 0.25) is 10.0 Å². The second-order valence-corrected chi connectivity index (χ2v) is 7.76. The fraction of sp³-hybridized carbons (Fsp3) is 0.217. The quantitative estimate of drug-likeness (QED) is 0.531. The number of aromatic nitrogens is 1. The normalized spacial score (nSPS) is 12.9. The first-order valence-electron chi connectivity index (χ1n) is 9.63. The van der Waals surface area contributed by atoms with Crippen LogP contribution in [0, 0.1) is 0 Å². The summed E-state index contributed by atoms with van der Waals surface area (Å²) >= 11 is 12.2. The van der Waals surface area contributed by atoms with Crippen molar-refractivity contribution in [3.63, 3.8) is 0 Å². The van der Waals surface area contributed by atoms with Crippen molar-refractivity contribution < 1.29 is 14.3 Å². The molecule has 5 nitrogen and oxygen atoms in total. The second-order valence-electron chi connectivity index (χ2n) is 6.94. The molecule has 0 unspecified atom stereocenters. The van der Waals surface area contributed by atoms with E-state index in [0.29, 0.717) is 53.4 Å². The molecule has 30 heavy (non-hydrogen) atoms. The molecule has 0 spiro atoms. The minimum atomic E-state index is -0.137. The van der Waals surface area contributed by atoms with Crippen molar-refractivity contribution in [1.82, 2.24) is 9.88 Å². The standard InChI is InChI=1S/C23H20Cl2N2O3/c24-19-7-5-16(12-20(19)25)14-27(15-18-4-1-2-9-26-18)23(28)17-6-8-21-22(13-17)30-11-3-10-29-21/h1-2,4-9,12-13H,3,10-11,14-15H2. The Hall–Kier alpha value is -2.76. The van der Waals surface area contributed by atoms with Gasteiger partial charge in [0.1, 0.15) is 0 Å². The number of carbonyl (C=O) groups excluding carboxylic acids is 1. The van der Waals surface area contributed by atoms with Crippen molar-refractivity contribution in [3.05, 3.63) is 87.7 Å². The van der Waals surface area contributed by atoms with Crippen molar-refractivity contribution in [2.24, 2.45) is 0 Å². The van der Waals surface area contributed by atoms with Crippen LogP contribution in [-0.4, -0.2) is 29.0 Å². The first-order valence-corrected chi connectivity index (χ1v) is 10.4. The van der Waals surface area contributed by atoms with Crippen molar-refractivity contribution in [2.75, 3.05) is 13.2 Å². The Balaban J connectivity index is 1.63. The summed E-state index contributed by atoms with van der Waals surface area (Å²) in [5.74, 6) is 1.11. The first kappa shape index (κ1) is 20.5. The summed E-state index contributed by atoms with van der Waals surface area (Å²) in [5.41, 5.74) is 2.19. The molecule has 0 radical (unpaired) electrons. The Labute approximate surface area is 185 Å². The van der Waals surface area contributed by atoms with Crippen LogP contribution in [0.4, 0.5) is 0 Å². The van der Waals surface area contributed by atoms with Crippen LogP contribution in [0.15, 0.2) is 60.8 Å². The molecule has 0 aliphatic carbocycles. The summed E-state index contributed by atoms with van der Waals surface area (Å²) in [7, 11) is 0. The van der Waals surface area contributed by atoms with Gasteiger partial charge >= 0.3 is 0 Å². The van der Waals surface area contributed by atoms with Crippen LogP contribution in [0.1, 0.15) is 28.0 Å². The summed E-state index contributed by atoms with van der Waals surface area (Å²) in [6.07, 6.45) is 2.52. The molecule has 2 aromatic carbocycles. The van der Waals surface area contributed by atoms with Crippen molar-refractivity contribution in [1.29, 1.82) is 0 Å². The highest BCUT2D eigenvalue weighted by atomic mass is 35.5. The lowest BCUT2D eigenvalue weighted by molar-refractivity contribution is 0.0727. The molecule has 0 N–H and O–H groups in total. The number of ether oxygens (including phenoxy) is 2. The molecular weight excluding hydrogens is 423 g/mol. The average Bonchev–Trinajstić information content (AvgIpc) is 3.01. The number of carbonyl (C=O) groups is 1. The third-order valence-corrected chi connectivity index (χ3v) is 5.46. The summed E-state index contributed by atoms with van der Waals surface area (Å²) in [5, 5.41) is 0.931. The summed E-state index contributed by atoms with van der Waals surface area (Å²) < 4.78 is 11.4. The van der Waals surface area contributed by atoms with Gasteiger partial charge in [-0.1, -0.05) is 35.3 Å². The SMILES string of the molecule is O=C(c1ccc2c(c1)OCCCO2)N(Cc1ccc(Cl)c(Cl)c1)Cc1ccccn1. The van der Waals surface area contributed by atoms with E-state index in [-0.39, 0.29) is 5.91 Å². The van der Waals surface area contributed by atoms with Gasteiger partial charge in [0.25, 0.3) is 5.91 Å². The van der Waals surface area contributed by atoms with Gasteiger partial charge < -0.3 is 14.4 Å². The molecule has 3 aromatic rings. The van der Waals surface area contributed by atoms with Gasteiger partial charge in [0.15, 0.2) is 11.5 Å². The molecule has 0 bridgehead atoms. The molecule has 7 heteroatoms. The van der Waals surface area contributed by atoms with Gasteiger partial charge in [-0.3, -0.25) is 9.78 Å². The van der Waals surface area contributed by atoms with Crippen LogP contribution < -0.4 is 9.47 Å². The highest BCUT2D eigenvalue weighted by Crippen LogP contribution is 2.31. The van der Waals surface area contributed by atoms with Gasteiger partial charge in [0, 0.05) is 24.7 Å². The van der Waals surface area contributed by atoms with Gasteiger partial charge in [-0.15, -0.1) is 0 Å². The fourth-order valence-electron chi connectivity index (χ4n) is 3.22. The number of benzene rings is 2. The van der Waals surface area contributed by atoms with E-state index in [9.17, 15) is 4.79 Å². The average molecular weight is 443 g/mol. The Bertz CT molecular complexity index is 1040. The zero-order valence-electron chi connectivity index (χ0n) is 16.2. The number of rotatable bonds is 5. The maximum absolute atomic E-state index is 13.4. The first-order chi connectivity index (χ1) is 14.6. The Morgan fingerprint density at radius 3 is 2.53 bits per heavy atom. The van der Waals surface area contributed by atoms with E-state index in [1.165, 1.54) is 0 Å². The van der Waals surface area contributed by atoms with Crippen molar-refractivity contribution in [2.45, 2.75) is 19.5 Å². The maximum atomic E-state index is 13.4.